The van der Waals surface area contributed by atoms with Crippen LogP contribution >= 0.6 is 0 Å². The van der Waals surface area contributed by atoms with Crippen molar-refractivity contribution in [3.8, 4) is 0 Å². The molecule has 80 valence electrons. The van der Waals surface area contributed by atoms with Gasteiger partial charge in [-0.25, -0.2) is 0 Å². The summed E-state index contributed by atoms with van der Waals surface area (Å²) in [5.74, 6) is 0. The van der Waals surface area contributed by atoms with Gasteiger partial charge in [-0.1, -0.05) is 24.3 Å². The van der Waals surface area contributed by atoms with E-state index in [9.17, 15) is 0 Å². The van der Waals surface area contributed by atoms with Crippen molar-refractivity contribution in [1.82, 2.24) is 0 Å². The van der Waals surface area contributed by atoms with Crippen LogP contribution in [0.3, 0.4) is 0 Å². The van der Waals surface area contributed by atoms with E-state index >= 15 is 0 Å². The van der Waals surface area contributed by atoms with E-state index in [0.717, 1.165) is 13.0 Å². The van der Waals surface area contributed by atoms with Gasteiger partial charge in [-0.05, 0) is 53.8 Å². The highest BCUT2D eigenvalue weighted by molar-refractivity contribution is 5.89. The van der Waals surface area contributed by atoms with Crippen molar-refractivity contribution in [3.63, 3.8) is 0 Å². The van der Waals surface area contributed by atoms with Gasteiger partial charge < -0.3 is 5.32 Å². The maximum atomic E-state index is 3.31. The first-order valence-electron chi connectivity index (χ1n) is 5.84. The summed E-state index contributed by atoms with van der Waals surface area (Å²) in [5, 5.41) is 3.31. The van der Waals surface area contributed by atoms with Gasteiger partial charge in [0.15, 0.2) is 0 Å². The third kappa shape index (κ3) is 1.58. The van der Waals surface area contributed by atoms with E-state index < -0.39 is 0 Å². The summed E-state index contributed by atoms with van der Waals surface area (Å²) < 4.78 is 0. The quantitative estimate of drug-likeness (QED) is 0.799. The number of benzene rings is 1. The number of nitrogens with one attached hydrogen (secondary N) is 1. The standard InChI is InChI=1S/C15H15N/c1-2-16-13-8-6-11(7-9-13)14-5-3-4-12-10-15(12)14/h3,5-10,16H,2,4H2,1H3. The van der Waals surface area contributed by atoms with Gasteiger partial charge in [0.05, 0.1) is 0 Å². The summed E-state index contributed by atoms with van der Waals surface area (Å²) in [5.41, 5.74) is 6.86. The Balaban J connectivity index is 1.88. The van der Waals surface area contributed by atoms with Crippen molar-refractivity contribution in [2.45, 2.75) is 13.3 Å². The van der Waals surface area contributed by atoms with Gasteiger partial charge in [0.2, 0.25) is 0 Å². The minimum absolute atomic E-state index is 0.971. The minimum Gasteiger partial charge on any atom is -0.385 e. The van der Waals surface area contributed by atoms with Crippen LogP contribution in [0.15, 0.2) is 53.6 Å². The fourth-order valence-corrected chi connectivity index (χ4v) is 2.17. The molecule has 16 heavy (non-hydrogen) atoms. The second-order valence-electron chi connectivity index (χ2n) is 4.21. The van der Waals surface area contributed by atoms with Gasteiger partial charge in [-0.3, -0.25) is 0 Å². The average molecular weight is 209 g/mol. The molecule has 2 aliphatic carbocycles. The van der Waals surface area contributed by atoms with Crippen molar-refractivity contribution >= 4 is 11.3 Å². The molecule has 0 bridgehead atoms. The SMILES string of the molecule is CCNc1ccc(C2=C3C=C3CC=C2)cc1. The lowest BCUT2D eigenvalue weighted by atomic mass is 9.99. The van der Waals surface area contributed by atoms with Gasteiger partial charge >= 0.3 is 0 Å². The molecule has 1 heteroatoms. The molecule has 0 unspecified atom stereocenters. The number of allylic oxidation sites excluding steroid dienone is 6. The summed E-state index contributed by atoms with van der Waals surface area (Å²) in [6, 6.07) is 8.69. The predicted molar refractivity (Wildman–Crippen MR) is 69.4 cm³/mol. The summed E-state index contributed by atoms with van der Waals surface area (Å²) in [4.78, 5) is 0. The summed E-state index contributed by atoms with van der Waals surface area (Å²) in [6.07, 6.45) is 7.89. The monoisotopic (exact) mass is 209 g/mol. The Labute approximate surface area is 96.2 Å². The Hall–Kier alpha value is -1.76. The first-order valence-corrected chi connectivity index (χ1v) is 5.84. The largest absolute Gasteiger partial charge is 0.385 e. The van der Waals surface area contributed by atoms with E-state index in [2.05, 4.69) is 54.7 Å². The van der Waals surface area contributed by atoms with Crippen LogP contribution in [0, 0.1) is 0 Å². The smallest absolute Gasteiger partial charge is 0.0340 e. The third-order valence-corrected chi connectivity index (χ3v) is 3.07. The van der Waals surface area contributed by atoms with Crippen molar-refractivity contribution < 1.29 is 0 Å². The zero-order valence-corrected chi connectivity index (χ0v) is 9.46. The molecule has 0 spiro atoms. The van der Waals surface area contributed by atoms with Crippen LogP contribution in [0.5, 0.6) is 0 Å². The van der Waals surface area contributed by atoms with Crippen LogP contribution in [0.2, 0.25) is 0 Å². The van der Waals surface area contributed by atoms with Gasteiger partial charge in [0, 0.05) is 12.2 Å². The molecular weight excluding hydrogens is 194 g/mol. The first kappa shape index (κ1) is 9.46. The summed E-state index contributed by atoms with van der Waals surface area (Å²) in [6.45, 7) is 3.09. The fraction of sp³-hybridized carbons (Fsp3) is 0.200. The lowest BCUT2D eigenvalue weighted by molar-refractivity contribution is 1.21. The van der Waals surface area contributed by atoms with Gasteiger partial charge in [-0.2, -0.15) is 0 Å². The maximum Gasteiger partial charge on any atom is 0.0340 e. The Morgan fingerprint density at radius 1 is 1.12 bits per heavy atom. The van der Waals surface area contributed by atoms with Crippen molar-refractivity contribution in [1.29, 1.82) is 0 Å². The summed E-state index contributed by atoms with van der Waals surface area (Å²) >= 11 is 0. The van der Waals surface area contributed by atoms with Crippen LogP contribution in [0.4, 0.5) is 5.69 Å². The number of fused-ring (bicyclic) bond motifs is 1. The molecule has 1 aromatic carbocycles. The van der Waals surface area contributed by atoms with Crippen molar-refractivity contribution in [3.05, 3.63) is 59.2 Å². The number of hydrogen-bond donors (Lipinski definition) is 1. The highest BCUT2D eigenvalue weighted by atomic mass is 14.8. The molecule has 0 saturated carbocycles. The second-order valence-corrected chi connectivity index (χ2v) is 4.21. The van der Waals surface area contributed by atoms with Crippen LogP contribution < -0.4 is 5.32 Å². The van der Waals surface area contributed by atoms with Crippen molar-refractivity contribution in [2.75, 3.05) is 11.9 Å². The number of rotatable bonds is 3. The predicted octanol–water partition coefficient (Wildman–Crippen LogP) is 3.77. The number of anilines is 1. The van der Waals surface area contributed by atoms with Crippen molar-refractivity contribution in [2.24, 2.45) is 0 Å². The molecule has 0 amide bonds. The molecule has 0 heterocycles. The van der Waals surface area contributed by atoms with E-state index in [1.807, 2.05) is 0 Å². The molecule has 1 aromatic rings. The van der Waals surface area contributed by atoms with E-state index in [0.29, 0.717) is 0 Å². The lowest BCUT2D eigenvalue weighted by Gasteiger charge is -2.08. The van der Waals surface area contributed by atoms with Gasteiger partial charge in [-0.15, -0.1) is 0 Å². The molecule has 0 atom stereocenters. The molecular formula is C15H15N. The van der Waals surface area contributed by atoms with Crippen LogP contribution in [-0.4, -0.2) is 6.54 Å². The molecule has 0 aliphatic heterocycles. The third-order valence-electron chi connectivity index (χ3n) is 3.07. The molecule has 3 rings (SSSR count). The molecule has 1 nitrogen and oxygen atoms in total. The average Bonchev–Trinajstić information content (AvgIpc) is 3.09. The second kappa shape index (κ2) is 3.67. The first-order chi connectivity index (χ1) is 7.88. The Kier molecular flexibility index (Phi) is 2.17. The van der Waals surface area contributed by atoms with E-state index in [1.165, 1.54) is 28.0 Å². The molecule has 2 aliphatic rings. The Morgan fingerprint density at radius 3 is 2.69 bits per heavy atom. The van der Waals surface area contributed by atoms with Gasteiger partial charge in [0.1, 0.15) is 0 Å². The van der Waals surface area contributed by atoms with Crippen LogP contribution in [-0.2, 0) is 0 Å². The molecule has 0 fully saturated rings. The zero-order chi connectivity index (χ0) is 11.0. The van der Waals surface area contributed by atoms with E-state index in [-0.39, 0.29) is 0 Å². The van der Waals surface area contributed by atoms with Crippen LogP contribution in [0.25, 0.3) is 5.57 Å². The lowest BCUT2D eigenvalue weighted by Crippen LogP contribution is -1.96. The minimum atomic E-state index is 0.971. The highest BCUT2D eigenvalue weighted by Gasteiger charge is 2.22. The van der Waals surface area contributed by atoms with Crippen LogP contribution in [0.1, 0.15) is 18.9 Å². The number of hydrogen-bond acceptors (Lipinski definition) is 1. The molecule has 0 radical (unpaired) electrons. The normalized spacial score (nSPS) is 16.9. The van der Waals surface area contributed by atoms with Gasteiger partial charge in [0.25, 0.3) is 0 Å². The van der Waals surface area contributed by atoms with E-state index in [1.54, 1.807) is 0 Å². The zero-order valence-electron chi connectivity index (χ0n) is 9.46. The highest BCUT2D eigenvalue weighted by Crippen LogP contribution is 2.41. The Morgan fingerprint density at radius 2 is 1.94 bits per heavy atom. The fourth-order valence-electron chi connectivity index (χ4n) is 2.17. The van der Waals surface area contributed by atoms with E-state index in [4.69, 9.17) is 0 Å². The maximum absolute atomic E-state index is 3.31. The molecule has 1 N–H and O–H groups in total. The molecule has 0 saturated heterocycles. The Bertz CT molecular complexity index is 501. The molecule has 0 aromatic heterocycles. The summed E-state index contributed by atoms with van der Waals surface area (Å²) in [7, 11) is 0. The topological polar surface area (TPSA) is 12.0 Å².